The van der Waals surface area contributed by atoms with Gasteiger partial charge in [-0.05, 0) is 66.4 Å². The summed E-state index contributed by atoms with van der Waals surface area (Å²) >= 11 is 0. The van der Waals surface area contributed by atoms with Crippen LogP contribution in [0.3, 0.4) is 0 Å². The molecule has 180 valence electrons. The molecule has 0 aliphatic carbocycles. The Balaban J connectivity index is 1.24. The van der Waals surface area contributed by atoms with Crippen LogP contribution in [0.25, 0.3) is 10.8 Å². The smallest absolute Gasteiger partial charge is 0.325 e. The van der Waals surface area contributed by atoms with Crippen molar-refractivity contribution in [3.8, 4) is 0 Å². The molecule has 1 atom stereocenters. The minimum absolute atomic E-state index is 0.317. The van der Waals surface area contributed by atoms with Crippen molar-refractivity contribution in [1.29, 1.82) is 0 Å². The molecule has 2 aliphatic heterocycles. The van der Waals surface area contributed by atoms with Crippen LogP contribution in [-0.4, -0.2) is 47.3 Å². The number of urea groups is 1. The number of carbonyl (C=O) groups is 3. The predicted molar refractivity (Wildman–Crippen MR) is 134 cm³/mol. The van der Waals surface area contributed by atoms with Gasteiger partial charge in [-0.2, -0.15) is 0 Å². The molecule has 2 N–H and O–H groups in total. The minimum Gasteiger partial charge on any atom is -0.350 e. The summed E-state index contributed by atoms with van der Waals surface area (Å²) in [6.07, 6.45) is 2.45. The van der Waals surface area contributed by atoms with E-state index < -0.39 is 17.5 Å². The van der Waals surface area contributed by atoms with E-state index in [0.29, 0.717) is 12.1 Å². The molecule has 0 aromatic heterocycles. The van der Waals surface area contributed by atoms with Gasteiger partial charge in [0.25, 0.3) is 5.91 Å². The van der Waals surface area contributed by atoms with Crippen molar-refractivity contribution in [3.05, 3.63) is 83.4 Å². The summed E-state index contributed by atoms with van der Waals surface area (Å²) in [5.41, 5.74) is 1.71. The number of nitrogens with one attached hydrogen (secondary N) is 2. The van der Waals surface area contributed by atoms with Gasteiger partial charge < -0.3 is 10.6 Å². The standard InChI is InChI=1S/C28H30N4O3/c1-28(24-13-12-20-8-2-3-9-21(20)16-24)26(34)32(27(35)30-28)19-25(33)29-17-22-10-4-5-11-23(22)18-31-14-6-7-15-31/h2-5,8-13,16H,6-7,14-15,17-19H2,1H3,(H,29,33)(H,30,35). The molecular weight excluding hydrogens is 440 g/mol. The van der Waals surface area contributed by atoms with Crippen molar-refractivity contribution in [1.82, 2.24) is 20.4 Å². The lowest BCUT2D eigenvalue weighted by atomic mass is 9.90. The van der Waals surface area contributed by atoms with Gasteiger partial charge in [0.05, 0.1) is 0 Å². The van der Waals surface area contributed by atoms with E-state index in [9.17, 15) is 14.4 Å². The maximum atomic E-state index is 13.3. The normalized spacial score (nSPS) is 20.4. The van der Waals surface area contributed by atoms with Crippen molar-refractivity contribution in [2.24, 2.45) is 0 Å². The third-order valence-corrected chi connectivity index (χ3v) is 7.09. The molecule has 3 aromatic rings. The number of hydrogen-bond donors (Lipinski definition) is 2. The first kappa shape index (κ1) is 23.1. The summed E-state index contributed by atoms with van der Waals surface area (Å²) in [6, 6.07) is 21.1. The Morgan fingerprint density at radius 3 is 2.40 bits per heavy atom. The summed E-state index contributed by atoms with van der Waals surface area (Å²) in [7, 11) is 0. The number of benzene rings is 3. The zero-order valence-electron chi connectivity index (χ0n) is 19.9. The Hall–Kier alpha value is -3.71. The van der Waals surface area contributed by atoms with Gasteiger partial charge in [0.15, 0.2) is 0 Å². The number of fused-ring (bicyclic) bond motifs is 1. The Kier molecular flexibility index (Phi) is 6.26. The number of carbonyl (C=O) groups excluding carboxylic acids is 3. The Morgan fingerprint density at radius 1 is 0.943 bits per heavy atom. The van der Waals surface area contributed by atoms with Crippen molar-refractivity contribution in [2.75, 3.05) is 19.6 Å². The largest absolute Gasteiger partial charge is 0.350 e. The second kappa shape index (κ2) is 9.50. The number of imide groups is 1. The molecule has 0 spiro atoms. The van der Waals surface area contributed by atoms with Crippen LogP contribution in [0.1, 0.15) is 36.5 Å². The lowest BCUT2D eigenvalue weighted by Crippen LogP contribution is -2.43. The molecule has 1 unspecified atom stereocenters. The van der Waals surface area contributed by atoms with Gasteiger partial charge in [-0.3, -0.25) is 19.4 Å². The summed E-state index contributed by atoms with van der Waals surface area (Å²) in [6.45, 7) is 4.79. The quantitative estimate of drug-likeness (QED) is 0.518. The van der Waals surface area contributed by atoms with Gasteiger partial charge in [-0.1, -0.05) is 60.7 Å². The maximum Gasteiger partial charge on any atom is 0.325 e. The second-order valence-corrected chi connectivity index (χ2v) is 9.54. The van der Waals surface area contributed by atoms with E-state index >= 15 is 0 Å². The first-order valence-corrected chi connectivity index (χ1v) is 12.1. The third-order valence-electron chi connectivity index (χ3n) is 7.09. The molecular formula is C28H30N4O3. The van der Waals surface area contributed by atoms with E-state index in [0.717, 1.165) is 40.9 Å². The highest BCUT2D eigenvalue weighted by molar-refractivity contribution is 6.09. The molecule has 3 aromatic carbocycles. The number of rotatable bonds is 7. The first-order chi connectivity index (χ1) is 16.9. The van der Waals surface area contributed by atoms with Crippen LogP contribution in [0.4, 0.5) is 4.79 Å². The Labute approximate surface area is 205 Å². The van der Waals surface area contributed by atoms with E-state index in [1.54, 1.807) is 6.92 Å². The fourth-order valence-corrected chi connectivity index (χ4v) is 5.00. The van der Waals surface area contributed by atoms with Gasteiger partial charge in [-0.25, -0.2) is 4.79 Å². The molecule has 5 rings (SSSR count). The van der Waals surface area contributed by atoms with E-state index in [4.69, 9.17) is 0 Å². The van der Waals surface area contributed by atoms with Crippen LogP contribution >= 0.6 is 0 Å². The highest BCUT2D eigenvalue weighted by Crippen LogP contribution is 2.31. The van der Waals surface area contributed by atoms with Gasteiger partial charge in [0.1, 0.15) is 12.1 Å². The van der Waals surface area contributed by atoms with Crippen molar-refractivity contribution in [2.45, 2.75) is 38.4 Å². The molecule has 7 heteroatoms. The van der Waals surface area contributed by atoms with Crippen LogP contribution in [0, 0.1) is 0 Å². The summed E-state index contributed by atoms with van der Waals surface area (Å²) in [5, 5.41) is 7.72. The molecule has 2 heterocycles. The lowest BCUT2D eigenvalue weighted by Gasteiger charge is -2.22. The average Bonchev–Trinajstić information content (AvgIpc) is 3.46. The highest BCUT2D eigenvalue weighted by Gasteiger charge is 2.49. The van der Waals surface area contributed by atoms with E-state index in [1.807, 2.05) is 60.7 Å². The molecule has 2 saturated heterocycles. The van der Waals surface area contributed by atoms with Gasteiger partial charge >= 0.3 is 6.03 Å². The summed E-state index contributed by atoms with van der Waals surface area (Å²) in [5.74, 6) is -0.797. The van der Waals surface area contributed by atoms with E-state index in [2.05, 4.69) is 21.6 Å². The third kappa shape index (κ3) is 4.64. The van der Waals surface area contributed by atoms with Crippen LogP contribution in [-0.2, 0) is 28.2 Å². The monoisotopic (exact) mass is 470 g/mol. The topological polar surface area (TPSA) is 81.8 Å². The molecule has 0 radical (unpaired) electrons. The van der Waals surface area contributed by atoms with Gasteiger partial charge in [0.2, 0.25) is 5.91 Å². The Bertz CT molecular complexity index is 1280. The molecule has 35 heavy (non-hydrogen) atoms. The number of nitrogens with zero attached hydrogens (tertiary/aromatic N) is 2. The fraction of sp³-hybridized carbons (Fsp3) is 0.321. The molecule has 7 nitrogen and oxygen atoms in total. The molecule has 2 aliphatic rings. The number of amides is 4. The first-order valence-electron chi connectivity index (χ1n) is 12.1. The van der Waals surface area contributed by atoms with Crippen LogP contribution in [0.15, 0.2) is 66.7 Å². The zero-order valence-corrected chi connectivity index (χ0v) is 19.9. The number of likely N-dealkylation sites (tertiary alicyclic amines) is 1. The van der Waals surface area contributed by atoms with E-state index in [1.165, 1.54) is 18.4 Å². The SMILES string of the molecule is CC1(c2ccc3ccccc3c2)NC(=O)N(CC(=O)NCc2ccccc2CN2CCCC2)C1=O. The van der Waals surface area contributed by atoms with Gasteiger partial charge in [0, 0.05) is 13.1 Å². The lowest BCUT2D eigenvalue weighted by molar-refractivity contribution is -0.134. The second-order valence-electron chi connectivity index (χ2n) is 9.54. The van der Waals surface area contributed by atoms with Crippen LogP contribution in [0.5, 0.6) is 0 Å². The summed E-state index contributed by atoms with van der Waals surface area (Å²) in [4.78, 5) is 42.2. The van der Waals surface area contributed by atoms with Crippen molar-refractivity contribution >= 4 is 28.6 Å². The minimum atomic E-state index is -1.22. The predicted octanol–water partition coefficient (Wildman–Crippen LogP) is 3.52. The van der Waals surface area contributed by atoms with Gasteiger partial charge in [-0.15, -0.1) is 0 Å². The summed E-state index contributed by atoms with van der Waals surface area (Å²) < 4.78 is 0. The number of hydrogen-bond acceptors (Lipinski definition) is 4. The molecule has 0 bridgehead atoms. The van der Waals surface area contributed by atoms with E-state index in [-0.39, 0.29) is 12.5 Å². The molecule has 0 saturated carbocycles. The van der Waals surface area contributed by atoms with Crippen molar-refractivity contribution < 1.29 is 14.4 Å². The van der Waals surface area contributed by atoms with Crippen LogP contribution in [0.2, 0.25) is 0 Å². The zero-order chi connectivity index (χ0) is 24.4. The highest BCUT2D eigenvalue weighted by atomic mass is 16.2. The van der Waals surface area contributed by atoms with Crippen molar-refractivity contribution in [3.63, 3.8) is 0 Å². The Morgan fingerprint density at radius 2 is 1.63 bits per heavy atom. The average molecular weight is 471 g/mol. The maximum absolute atomic E-state index is 13.3. The molecule has 4 amide bonds. The fourth-order valence-electron chi connectivity index (χ4n) is 5.00. The van der Waals surface area contributed by atoms with Crippen LogP contribution < -0.4 is 10.6 Å². The molecule has 2 fully saturated rings.